The fraction of sp³-hybridized carbons (Fsp3) is 0.333. The van der Waals surface area contributed by atoms with Crippen molar-refractivity contribution in [1.29, 1.82) is 0 Å². The number of aliphatic hydroxyl groups excluding tert-OH is 1. The van der Waals surface area contributed by atoms with E-state index in [-0.39, 0.29) is 12.5 Å². The molecule has 0 saturated carbocycles. The Labute approximate surface area is 103 Å². The van der Waals surface area contributed by atoms with Crippen LogP contribution in [0.25, 0.3) is 0 Å². The van der Waals surface area contributed by atoms with E-state index in [2.05, 4.69) is 41.8 Å². The Hall–Kier alpha value is -1.54. The Kier molecular flexibility index (Phi) is 3.64. The fourth-order valence-corrected chi connectivity index (χ4v) is 2.25. The molecule has 0 aliphatic heterocycles. The zero-order valence-corrected chi connectivity index (χ0v) is 10.4. The van der Waals surface area contributed by atoms with Crippen molar-refractivity contribution in [3.63, 3.8) is 0 Å². The first-order valence-corrected chi connectivity index (χ1v) is 6.01. The van der Waals surface area contributed by atoms with Gasteiger partial charge in [-0.1, -0.05) is 29.8 Å². The highest BCUT2D eigenvalue weighted by Crippen LogP contribution is 2.27. The molecule has 2 aromatic rings. The van der Waals surface area contributed by atoms with Crippen LogP contribution in [-0.2, 0) is 7.05 Å². The highest BCUT2D eigenvalue weighted by Gasteiger charge is 2.15. The molecule has 1 aromatic heterocycles. The average molecular weight is 229 g/mol. The molecule has 0 radical (unpaired) electrons. The molecule has 1 aromatic carbocycles. The lowest BCUT2D eigenvalue weighted by atomic mass is 9.92. The molecule has 0 aliphatic carbocycles. The number of nitrogens with zero attached hydrogens (tertiary/aromatic N) is 1. The van der Waals surface area contributed by atoms with Crippen molar-refractivity contribution in [3.05, 3.63) is 59.4 Å². The number of rotatable bonds is 4. The molecule has 0 saturated heterocycles. The van der Waals surface area contributed by atoms with Crippen LogP contribution >= 0.6 is 0 Å². The molecule has 0 amide bonds. The van der Waals surface area contributed by atoms with Gasteiger partial charge in [0.05, 0.1) is 0 Å². The second-order valence-electron chi connectivity index (χ2n) is 4.52. The van der Waals surface area contributed by atoms with E-state index in [1.54, 1.807) is 0 Å². The normalized spacial score (nSPS) is 12.6. The smallest absolute Gasteiger partial charge is 0.0440 e. The minimum Gasteiger partial charge on any atom is -0.396 e. The van der Waals surface area contributed by atoms with E-state index < -0.39 is 0 Å². The van der Waals surface area contributed by atoms with Crippen LogP contribution in [0.4, 0.5) is 0 Å². The van der Waals surface area contributed by atoms with Crippen molar-refractivity contribution < 1.29 is 5.11 Å². The summed E-state index contributed by atoms with van der Waals surface area (Å²) in [5, 5.41) is 9.23. The molecule has 1 atom stereocenters. The predicted molar refractivity (Wildman–Crippen MR) is 70.1 cm³/mol. The number of aryl methyl sites for hydroxylation is 2. The van der Waals surface area contributed by atoms with Crippen LogP contribution in [0.5, 0.6) is 0 Å². The summed E-state index contributed by atoms with van der Waals surface area (Å²) in [5.74, 6) is 0.278. The molecule has 90 valence electrons. The van der Waals surface area contributed by atoms with E-state index in [1.165, 1.54) is 16.8 Å². The van der Waals surface area contributed by atoms with Crippen LogP contribution < -0.4 is 0 Å². The molecule has 1 unspecified atom stereocenters. The number of aromatic nitrogens is 1. The van der Waals surface area contributed by atoms with Gasteiger partial charge in [-0.05, 0) is 31.0 Å². The van der Waals surface area contributed by atoms with Gasteiger partial charge in [0.2, 0.25) is 0 Å². The highest BCUT2D eigenvalue weighted by atomic mass is 16.3. The summed E-state index contributed by atoms with van der Waals surface area (Å²) in [5.41, 5.74) is 3.79. The van der Waals surface area contributed by atoms with Crippen molar-refractivity contribution in [1.82, 2.24) is 4.57 Å². The van der Waals surface area contributed by atoms with Gasteiger partial charge in [0, 0.05) is 31.5 Å². The molecule has 17 heavy (non-hydrogen) atoms. The first-order valence-electron chi connectivity index (χ1n) is 6.01. The third kappa shape index (κ3) is 2.59. The van der Waals surface area contributed by atoms with Gasteiger partial charge >= 0.3 is 0 Å². The van der Waals surface area contributed by atoms with E-state index in [0.717, 1.165) is 6.42 Å². The topological polar surface area (TPSA) is 25.2 Å². The van der Waals surface area contributed by atoms with Crippen LogP contribution in [0.3, 0.4) is 0 Å². The lowest BCUT2D eigenvalue weighted by Gasteiger charge is -2.18. The van der Waals surface area contributed by atoms with Crippen molar-refractivity contribution >= 4 is 0 Å². The summed E-state index contributed by atoms with van der Waals surface area (Å²) in [6.07, 6.45) is 2.81. The van der Waals surface area contributed by atoms with Gasteiger partial charge in [-0.25, -0.2) is 0 Å². The Morgan fingerprint density at radius 2 is 1.88 bits per heavy atom. The maximum atomic E-state index is 9.23. The maximum absolute atomic E-state index is 9.23. The number of hydrogen-bond donors (Lipinski definition) is 1. The molecule has 0 bridgehead atoms. The maximum Gasteiger partial charge on any atom is 0.0440 e. The third-order valence-corrected chi connectivity index (χ3v) is 3.24. The van der Waals surface area contributed by atoms with Gasteiger partial charge < -0.3 is 9.67 Å². The molecular formula is C15H19NO. The average Bonchev–Trinajstić information content (AvgIpc) is 2.74. The largest absolute Gasteiger partial charge is 0.396 e. The second kappa shape index (κ2) is 5.19. The second-order valence-corrected chi connectivity index (χ2v) is 4.52. The van der Waals surface area contributed by atoms with Gasteiger partial charge in [-0.3, -0.25) is 0 Å². The summed E-state index contributed by atoms with van der Waals surface area (Å²) in [4.78, 5) is 0. The summed E-state index contributed by atoms with van der Waals surface area (Å²) in [6, 6.07) is 12.7. The summed E-state index contributed by atoms with van der Waals surface area (Å²) in [6.45, 7) is 2.30. The standard InChI is InChI=1S/C15H19NO/c1-12-5-7-13(8-6-12)14(9-11-17)15-4-3-10-16(15)2/h3-8,10,14,17H,9,11H2,1-2H3. The van der Waals surface area contributed by atoms with Gasteiger partial charge in [0.15, 0.2) is 0 Å². The van der Waals surface area contributed by atoms with Crippen LogP contribution in [0.2, 0.25) is 0 Å². The Balaban J connectivity index is 2.35. The Morgan fingerprint density at radius 3 is 2.41 bits per heavy atom. The lowest BCUT2D eigenvalue weighted by Crippen LogP contribution is -2.08. The van der Waals surface area contributed by atoms with Crippen molar-refractivity contribution in [2.45, 2.75) is 19.3 Å². The van der Waals surface area contributed by atoms with Crippen LogP contribution in [0.15, 0.2) is 42.6 Å². The van der Waals surface area contributed by atoms with E-state index in [1.807, 2.05) is 19.3 Å². The molecule has 2 heteroatoms. The van der Waals surface area contributed by atoms with Gasteiger partial charge in [0.1, 0.15) is 0 Å². The third-order valence-electron chi connectivity index (χ3n) is 3.24. The minimum absolute atomic E-state index is 0.212. The molecule has 0 aliphatic rings. The molecular weight excluding hydrogens is 210 g/mol. The SMILES string of the molecule is Cc1ccc(C(CCO)c2cccn2C)cc1. The molecule has 1 heterocycles. The van der Waals surface area contributed by atoms with Crippen LogP contribution in [0, 0.1) is 6.92 Å². The van der Waals surface area contributed by atoms with E-state index in [4.69, 9.17) is 0 Å². The minimum atomic E-state index is 0.212. The number of aliphatic hydroxyl groups is 1. The van der Waals surface area contributed by atoms with Crippen molar-refractivity contribution in [2.75, 3.05) is 6.61 Å². The van der Waals surface area contributed by atoms with E-state index >= 15 is 0 Å². The van der Waals surface area contributed by atoms with Crippen LogP contribution in [-0.4, -0.2) is 16.3 Å². The van der Waals surface area contributed by atoms with Gasteiger partial charge in [-0.15, -0.1) is 0 Å². The summed E-state index contributed by atoms with van der Waals surface area (Å²) in [7, 11) is 2.05. The summed E-state index contributed by atoms with van der Waals surface area (Å²) >= 11 is 0. The monoisotopic (exact) mass is 229 g/mol. The molecule has 1 N–H and O–H groups in total. The number of benzene rings is 1. The van der Waals surface area contributed by atoms with Crippen molar-refractivity contribution in [2.24, 2.45) is 7.05 Å². The van der Waals surface area contributed by atoms with Gasteiger partial charge in [0.25, 0.3) is 0 Å². The van der Waals surface area contributed by atoms with E-state index in [9.17, 15) is 5.11 Å². The first kappa shape index (κ1) is 11.9. The molecule has 0 fully saturated rings. The zero-order chi connectivity index (χ0) is 12.3. The molecule has 2 rings (SSSR count). The fourth-order valence-electron chi connectivity index (χ4n) is 2.25. The lowest BCUT2D eigenvalue weighted by molar-refractivity contribution is 0.280. The molecule has 0 spiro atoms. The van der Waals surface area contributed by atoms with Gasteiger partial charge in [-0.2, -0.15) is 0 Å². The molecule has 2 nitrogen and oxygen atoms in total. The van der Waals surface area contributed by atoms with Crippen molar-refractivity contribution in [3.8, 4) is 0 Å². The Bertz CT molecular complexity index is 470. The predicted octanol–water partition coefficient (Wildman–Crippen LogP) is 2.85. The first-order chi connectivity index (χ1) is 8.22. The quantitative estimate of drug-likeness (QED) is 0.857. The number of hydrogen-bond acceptors (Lipinski definition) is 1. The zero-order valence-electron chi connectivity index (χ0n) is 10.4. The van der Waals surface area contributed by atoms with E-state index in [0.29, 0.717) is 0 Å². The summed E-state index contributed by atoms with van der Waals surface area (Å²) < 4.78 is 2.13. The Morgan fingerprint density at radius 1 is 1.18 bits per heavy atom. The highest BCUT2D eigenvalue weighted by molar-refractivity contribution is 5.31. The van der Waals surface area contributed by atoms with Crippen LogP contribution in [0.1, 0.15) is 29.2 Å².